The fourth-order valence-corrected chi connectivity index (χ4v) is 3.76. The van der Waals surface area contributed by atoms with Crippen LogP contribution in [0.25, 0.3) is 0 Å². The molecule has 0 fully saturated rings. The molecule has 10 heteroatoms. The Kier molecular flexibility index (Phi) is 8.13. The van der Waals surface area contributed by atoms with Gasteiger partial charge in [-0.15, -0.1) is 16.8 Å². The Labute approximate surface area is 194 Å². The van der Waals surface area contributed by atoms with E-state index in [0.717, 1.165) is 6.07 Å². The third-order valence-electron chi connectivity index (χ3n) is 4.31. The van der Waals surface area contributed by atoms with Gasteiger partial charge in [-0.25, -0.2) is 4.39 Å². The first-order valence-corrected chi connectivity index (χ1v) is 11.0. The van der Waals surface area contributed by atoms with Gasteiger partial charge >= 0.3 is 0 Å². The van der Waals surface area contributed by atoms with Crippen LogP contribution in [0.1, 0.15) is 18.9 Å². The lowest BCUT2D eigenvalue weighted by atomic mass is 10.3. The summed E-state index contributed by atoms with van der Waals surface area (Å²) in [5.74, 6) is 0.926. The smallest absolute Gasteiger partial charge is 0.234 e. The molecule has 0 spiro atoms. The molecule has 32 heavy (non-hydrogen) atoms. The molecule has 1 amide bonds. The molecule has 0 bridgehead atoms. The Morgan fingerprint density at radius 1 is 1.31 bits per heavy atom. The lowest BCUT2D eigenvalue weighted by Crippen LogP contribution is -2.16. The molecule has 3 aromatic rings. The average Bonchev–Trinajstić information content (AvgIpc) is 3.17. The highest BCUT2D eigenvalue weighted by Gasteiger charge is 2.20. The number of allylic oxidation sites excluding steroid dienone is 1. The van der Waals surface area contributed by atoms with Crippen LogP contribution >= 0.6 is 23.4 Å². The third-order valence-corrected chi connectivity index (χ3v) is 5.51. The number of rotatable bonds is 10. The Balaban J connectivity index is 1.68. The molecule has 168 valence electrons. The van der Waals surface area contributed by atoms with Gasteiger partial charge in [0.25, 0.3) is 0 Å². The minimum absolute atomic E-state index is 0.0163. The topological polar surface area (TPSA) is 78.3 Å². The molecule has 0 radical (unpaired) electrons. The third kappa shape index (κ3) is 6.02. The van der Waals surface area contributed by atoms with Crippen LogP contribution in [0.2, 0.25) is 5.02 Å². The quantitative estimate of drug-likeness (QED) is 0.322. The summed E-state index contributed by atoms with van der Waals surface area (Å²) in [5.41, 5.74) is 0.0635. The van der Waals surface area contributed by atoms with Crippen LogP contribution in [0.3, 0.4) is 0 Å². The monoisotopic (exact) mass is 476 g/mol. The summed E-state index contributed by atoms with van der Waals surface area (Å²) in [6.45, 7) is 6.07. The SMILES string of the molecule is C=CCn1c(SCC(=O)Nc2ccc(Cl)cc2F)nnc1C(C)Oc1cccc(OC)c1. The molecule has 0 saturated heterocycles. The van der Waals surface area contributed by atoms with Gasteiger partial charge in [-0.3, -0.25) is 9.36 Å². The highest BCUT2D eigenvalue weighted by molar-refractivity contribution is 7.99. The zero-order valence-electron chi connectivity index (χ0n) is 17.5. The summed E-state index contributed by atoms with van der Waals surface area (Å²) in [5, 5.41) is 11.7. The predicted octanol–water partition coefficient (Wildman–Crippen LogP) is 5.14. The van der Waals surface area contributed by atoms with Gasteiger partial charge in [-0.1, -0.05) is 35.5 Å². The molecule has 0 saturated carbocycles. The van der Waals surface area contributed by atoms with E-state index in [-0.39, 0.29) is 22.4 Å². The summed E-state index contributed by atoms with van der Waals surface area (Å²) in [4.78, 5) is 12.3. The standard InChI is InChI=1S/C22H22ClFN4O3S/c1-4-10-28-21(14(2)31-17-7-5-6-16(12-17)30-3)26-27-22(28)32-13-20(29)25-19-9-8-15(23)11-18(19)24/h4-9,11-12,14H,1,10,13H2,2-3H3,(H,25,29). The number of amides is 1. The van der Waals surface area contributed by atoms with Crippen molar-refractivity contribution >= 4 is 35.0 Å². The molecule has 0 aliphatic heterocycles. The van der Waals surface area contributed by atoms with Gasteiger partial charge in [0.05, 0.1) is 18.6 Å². The van der Waals surface area contributed by atoms with E-state index in [4.69, 9.17) is 21.1 Å². The van der Waals surface area contributed by atoms with Crippen molar-refractivity contribution in [2.24, 2.45) is 0 Å². The second-order valence-corrected chi connectivity index (χ2v) is 8.02. The first kappa shape index (κ1) is 23.6. The van der Waals surface area contributed by atoms with Crippen molar-refractivity contribution in [2.75, 3.05) is 18.2 Å². The Morgan fingerprint density at radius 2 is 2.09 bits per heavy atom. The average molecular weight is 477 g/mol. The number of benzene rings is 2. The molecule has 1 atom stereocenters. The number of ether oxygens (including phenoxy) is 2. The molecule has 1 unspecified atom stereocenters. The van der Waals surface area contributed by atoms with E-state index in [2.05, 4.69) is 22.1 Å². The molecule has 3 rings (SSSR count). The van der Waals surface area contributed by atoms with Crippen molar-refractivity contribution < 1.29 is 18.7 Å². The number of halogens is 2. The highest BCUT2D eigenvalue weighted by Crippen LogP contribution is 2.27. The number of nitrogens with zero attached hydrogens (tertiary/aromatic N) is 3. The van der Waals surface area contributed by atoms with Crippen molar-refractivity contribution in [3.63, 3.8) is 0 Å². The van der Waals surface area contributed by atoms with E-state index >= 15 is 0 Å². The van der Waals surface area contributed by atoms with Crippen LogP contribution in [0.5, 0.6) is 11.5 Å². The maximum absolute atomic E-state index is 13.9. The van der Waals surface area contributed by atoms with E-state index in [1.807, 2.05) is 29.7 Å². The van der Waals surface area contributed by atoms with Gasteiger partial charge in [0.1, 0.15) is 17.3 Å². The van der Waals surface area contributed by atoms with Crippen molar-refractivity contribution in [1.29, 1.82) is 0 Å². The largest absolute Gasteiger partial charge is 0.497 e. The number of thioether (sulfide) groups is 1. The molecule has 1 aromatic heterocycles. The fraction of sp³-hybridized carbons (Fsp3) is 0.227. The van der Waals surface area contributed by atoms with Gasteiger partial charge in [-0.05, 0) is 37.3 Å². The number of hydrogen-bond donors (Lipinski definition) is 1. The zero-order valence-corrected chi connectivity index (χ0v) is 19.1. The second-order valence-electron chi connectivity index (χ2n) is 6.64. The number of aromatic nitrogens is 3. The lowest BCUT2D eigenvalue weighted by Gasteiger charge is -2.16. The van der Waals surface area contributed by atoms with Crippen LogP contribution in [-0.4, -0.2) is 33.5 Å². The van der Waals surface area contributed by atoms with Crippen LogP contribution in [-0.2, 0) is 11.3 Å². The van der Waals surface area contributed by atoms with Gasteiger partial charge in [0.2, 0.25) is 5.91 Å². The molecule has 2 aromatic carbocycles. The number of nitrogens with one attached hydrogen (secondary N) is 1. The number of carbonyl (C=O) groups excluding carboxylic acids is 1. The van der Waals surface area contributed by atoms with Gasteiger partial charge < -0.3 is 14.8 Å². The molecule has 1 heterocycles. The zero-order chi connectivity index (χ0) is 23.1. The molecular formula is C22H22ClFN4O3S. The van der Waals surface area contributed by atoms with Crippen LogP contribution < -0.4 is 14.8 Å². The van der Waals surface area contributed by atoms with Crippen molar-refractivity contribution in [3.8, 4) is 11.5 Å². The van der Waals surface area contributed by atoms with Crippen molar-refractivity contribution in [1.82, 2.24) is 14.8 Å². The van der Waals surface area contributed by atoms with Crippen LogP contribution in [0.4, 0.5) is 10.1 Å². The highest BCUT2D eigenvalue weighted by atomic mass is 35.5. The van der Waals surface area contributed by atoms with Gasteiger partial charge in [-0.2, -0.15) is 0 Å². The van der Waals surface area contributed by atoms with Crippen molar-refractivity contribution in [2.45, 2.75) is 24.7 Å². The van der Waals surface area contributed by atoms with E-state index in [1.165, 1.54) is 23.9 Å². The number of methoxy groups -OCH3 is 1. The summed E-state index contributed by atoms with van der Waals surface area (Å²) >= 11 is 6.92. The van der Waals surface area contributed by atoms with E-state index < -0.39 is 11.9 Å². The molecular weight excluding hydrogens is 455 g/mol. The maximum Gasteiger partial charge on any atom is 0.234 e. The summed E-state index contributed by atoms with van der Waals surface area (Å²) in [7, 11) is 1.59. The van der Waals surface area contributed by atoms with E-state index in [1.54, 1.807) is 19.3 Å². The fourth-order valence-electron chi connectivity index (χ4n) is 2.85. The molecule has 7 nitrogen and oxygen atoms in total. The minimum atomic E-state index is -0.600. The van der Waals surface area contributed by atoms with E-state index in [0.29, 0.717) is 29.0 Å². The molecule has 0 aliphatic rings. The van der Waals surface area contributed by atoms with E-state index in [9.17, 15) is 9.18 Å². The number of hydrogen-bond acceptors (Lipinski definition) is 6. The Bertz CT molecular complexity index is 1110. The second kappa shape index (κ2) is 11.0. The Morgan fingerprint density at radius 3 is 2.81 bits per heavy atom. The lowest BCUT2D eigenvalue weighted by molar-refractivity contribution is -0.113. The van der Waals surface area contributed by atoms with Crippen LogP contribution in [0.15, 0.2) is 60.3 Å². The predicted molar refractivity (Wildman–Crippen MR) is 123 cm³/mol. The number of anilines is 1. The normalized spacial score (nSPS) is 11.6. The van der Waals surface area contributed by atoms with Gasteiger partial charge in [0, 0.05) is 17.6 Å². The van der Waals surface area contributed by atoms with Crippen LogP contribution in [0, 0.1) is 5.82 Å². The first-order valence-electron chi connectivity index (χ1n) is 9.63. The number of carbonyl (C=O) groups is 1. The summed E-state index contributed by atoms with van der Waals surface area (Å²) in [6.07, 6.45) is 1.29. The van der Waals surface area contributed by atoms with Crippen molar-refractivity contribution in [3.05, 3.63) is 71.8 Å². The summed E-state index contributed by atoms with van der Waals surface area (Å²) in [6, 6.07) is 11.3. The van der Waals surface area contributed by atoms with Gasteiger partial charge in [0.15, 0.2) is 17.1 Å². The first-order chi connectivity index (χ1) is 15.4. The molecule has 1 N–H and O–H groups in total. The maximum atomic E-state index is 13.9. The molecule has 0 aliphatic carbocycles. The summed E-state index contributed by atoms with van der Waals surface area (Å²) < 4.78 is 26.9. The Hall–Kier alpha value is -3.04. The minimum Gasteiger partial charge on any atom is -0.497 e.